The zero-order valence-corrected chi connectivity index (χ0v) is 20.2. The summed E-state index contributed by atoms with van der Waals surface area (Å²) in [5, 5.41) is 26.3. The Morgan fingerprint density at radius 1 is 0.256 bits per heavy atom. The molecule has 0 atom stereocenters. The molecule has 3 aromatic heterocycles. The van der Waals surface area contributed by atoms with Crippen molar-refractivity contribution in [3.8, 4) is 0 Å². The largest absolute Gasteiger partial charge is 0.463 e. The highest BCUT2D eigenvalue weighted by Gasteiger charge is 2.33. The van der Waals surface area contributed by atoms with Gasteiger partial charge in [-0.2, -0.15) is 0 Å². The van der Waals surface area contributed by atoms with Crippen molar-refractivity contribution in [2.24, 2.45) is 0 Å². The van der Waals surface area contributed by atoms with Crippen LogP contribution < -0.4 is 0 Å². The maximum absolute atomic E-state index is 6.49. The lowest BCUT2D eigenvalue weighted by molar-refractivity contribution is 0.622. The van der Waals surface area contributed by atoms with Gasteiger partial charge < -0.3 is 13.3 Å². The summed E-state index contributed by atoms with van der Waals surface area (Å²) in [4.78, 5) is 0. The fraction of sp³-hybridized carbons (Fsp3) is 0. The molecule has 13 rings (SSSR count). The summed E-state index contributed by atoms with van der Waals surface area (Å²) in [7, 11) is 0. The molecule has 3 heterocycles. The zero-order chi connectivity index (χ0) is 24.5. The molecule has 0 saturated heterocycles. The third kappa shape index (κ3) is 1.42. The minimum Gasteiger partial charge on any atom is -0.463 e. The van der Waals surface area contributed by atoms with E-state index in [0.717, 1.165) is 16.7 Å². The molecular weight excluding hydrogens is 480 g/mol. The minimum atomic E-state index is 0.979. The molecular formula is C36H12O3. The molecule has 0 aliphatic rings. The van der Waals surface area contributed by atoms with Gasteiger partial charge >= 0.3 is 0 Å². The van der Waals surface area contributed by atoms with Crippen molar-refractivity contribution in [3.05, 3.63) is 73.4 Å². The van der Waals surface area contributed by atoms with Crippen LogP contribution in [0.1, 0.15) is 0 Å². The third-order valence-electron chi connectivity index (χ3n) is 10.2. The van der Waals surface area contributed by atoms with Crippen molar-refractivity contribution in [1.29, 1.82) is 0 Å². The predicted molar refractivity (Wildman–Crippen MR) is 160 cm³/mol. The molecule has 0 aliphatic carbocycles. The SMILES string of the molecule is c1cc2c3coc4c5cccc6c7coc8c9cccc%10c%11coc%12c(c1)c2c1c(c34)c(c65)c(c78)c(c%109)c1c%11%12. The Labute approximate surface area is 216 Å². The maximum Gasteiger partial charge on any atom is 0.143 e. The summed E-state index contributed by atoms with van der Waals surface area (Å²) < 4.78 is 19.5. The van der Waals surface area contributed by atoms with Crippen LogP contribution in [-0.4, -0.2) is 0 Å². The van der Waals surface area contributed by atoms with E-state index in [-0.39, 0.29) is 0 Å². The van der Waals surface area contributed by atoms with E-state index < -0.39 is 0 Å². The van der Waals surface area contributed by atoms with Crippen molar-refractivity contribution in [2.75, 3.05) is 0 Å². The third-order valence-corrected chi connectivity index (χ3v) is 10.2. The van der Waals surface area contributed by atoms with E-state index in [9.17, 15) is 0 Å². The molecule has 3 nitrogen and oxygen atoms in total. The van der Waals surface area contributed by atoms with Gasteiger partial charge in [0, 0.05) is 97.0 Å². The van der Waals surface area contributed by atoms with Crippen LogP contribution in [0.2, 0.25) is 0 Å². The van der Waals surface area contributed by atoms with Gasteiger partial charge in [-0.15, -0.1) is 0 Å². The van der Waals surface area contributed by atoms with Crippen molar-refractivity contribution in [2.45, 2.75) is 0 Å². The van der Waals surface area contributed by atoms with Gasteiger partial charge in [0.2, 0.25) is 0 Å². The molecule has 0 N–H and O–H groups in total. The Hall–Kier alpha value is -5.28. The van der Waals surface area contributed by atoms with Crippen LogP contribution in [0.25, 0.3) is 130 Å². The van der Waals surface area contributed by atoms with Crippen molar-refractivity contribution in [1.82, 2.24) is 0 Å². The summed E-state index contributed by atoms with van der Waals surface area (Å²) >= 11 is 0. The normalized spacial score (nSPS) is 14.2. The summed E-state index contributed by atoms with van der Waals surface area (Å²) in [6, 6.07) is 19.9. The Morgan fingerprint density at radius 3 is 0.872 bits per heavy atom. The van der Waals surface area contributed by atoms with Gasteiger partial charge in [-0.1, -0.05) is 54.6 Å². The number of rotatable bonds is 0. The lowest BCUT2D eigenvalue weighted by Crippen LogP contribution is -1.97. The summed E-state index contributed by atoms with van der Waals surface area (Å²) in [6.45, 7) is 0. The van der Waals surface area contributed by atoms with Gasteiger partial charge in [-0.25, -0.2) is 0 Å². The first-order chi connectivity index (χ1) is 19.4. The fourth-order valence-electron chi connectivity index (χ4n) is 8.96. The summed E-state index contributed by atoms with van der Waals surface area (Å²) in [5.74, 6) is 0. The molecule has 0 aliphatic heterocycles. The Bertz CT molecular complexity index is 2620. The molecule has 0 amide bonds. The Morgan fingerprint density at radius 2 is 0.538 bits per heavy atom. The van der Waals surface area contributed by atoms with Crippen molar-refractivity contribution >= 4 is 130 Å². The Balaban J connectivity index is 1.66. The molecule has 0 fully saturated rings. The van der Waals surface area contributed by atoms with E-state index >= 15 is 0 Å². The Kier molecular flexibility index (Phi) is 2.18. The summed E-state index contributed by atoms with van der Waals surface area (Å²) in [6.07, 6.45) is 5.92. The molecule has 0 radical (unpaired) electrons. The van der Waals surface area contributed by atoms with Crippen molar-refractivity contribution < 1.29 is 13.3 Å². The highest BCUT2D eigenvalue weighted by molar-refractivity contribution is 6.60. The first-order valence-electron chi connectivity index (χ1n) is 13.4. The van der Waals surface area contributed by atoms with Gasteiger partial charge in [-0.05, 0) is 16.2 Å². The fourth-order valence-corrected chi connectivity index (χ4v) is 8.96. The molecule has 174 valence electrons. The highest BCUT2D eigenvalue weighted by atomic mass is 16.3. The van der Waals surface area contributed by atoms with E-state index in [1.54, 1.807) is 0 Å². The predicted octanol–water partition coefficient (Wildman–Crippen LogP) is 10.9. The lowest BCUT2D eigenvalue weighted by Gasteiger charge is -2.24. The second kappa shape index (κ2) is 4.93. The molecule has 0 bridgehead atoms. The molecule has 0 saturated carbocycles. The van der Waals surface area contributed by atoms with Gasteiger partial charge in [0.15, 0.2) is 0 Å². The van der Waals surface area contributed by atoms with Gasteiger partial charge in [-0.3, -0.25) is 0 Å². The standard InChI is InChI=1S/C36H12O3/c1-4-13-19-10-38-35-17-8-3-6-15-21-12-39-36-18-9-2-5-14-20-11-37-34-16(7-1)22(13)28-31(25(19)35)29(24(15)17)33(27(21)36)30(23(14)18)32(28)26(20)34/h1-12H. The average Bonchev–Trinajstić information content (AvgIpc) is 3.73. The van der Waals surface area contributed by atoms with E-state index in [1.807, 2.05) is 18.8 Å². The van der Waals surface area contributed by atoms with Crippen LogP contribution in [0.15, 0.2) is 86.6 Å². The van der Waals surface area contributed by atoms with Gasteiger partial charge in [0.25, 0.3) is 0 Å². The van der Waals surface area contributed by atoms with E-state index in [2.05, 4.69) is 54.6 Å². The molecule has 0 unspecified atom stereocenters. The monoisotopic (exact) mass is 492 g/mol. The molecule has 13 aromatic rings. The molecule has 0 spiro atoms. The minimum absolute atomic E-state index is 0.979. The number of hydrogen-bond acceptors (Lipinski definition) is 3. The maximum atomic E-state index is 6.49. The van der Waals surface area contributed by atoms with Gasteiger partial charge in [0.1, 0.15) is 16.7 Å². The zero-order valence-electron chi connectivity index (χ0n) is 20.2. The number of furan rings is 3. The van der Waals surface area contributed by atoms with Crippen LogP contribution in [-0.2, 0) is 0 Å². The second-order valence-corrected chi connectivity index (χ2v) is 11.5. The number of fused-ring (bicyclic) bond motifs is 6. The van der Waals surface area contributed by atoms with Crippen molar-refractivity contribution in [3.63, 3.8) is 0 Å². The number of hydrogen-bond donors (Lipinski definition) is 0. The second-order valence-electron chi connectivity index (χ2n) is 11.5. The smallest absolute Gasteiger partial charge is 0.143 e. The topological polar surface area (TPSA) is 39.4 Å². The molecule has 10 aromatic carbocycles. The van der Waals surface area contributed by atoms with Crippen LogP contribution in [0.5, 0.6) is 0 Å². The highest BCUT2D eigenvalue weighted by Crippen LogP contribution is 2.60. The molecule has 3 heteroatoms. The van der Waals surface area contributed by atoms with Crippen LogP contribution in [0.3, 0.4) is 0 Å². The van der Waals surface area contributed by atoms with E-state index in [1.165, 1.54) is 113 Å². The first kappa shape index (κ1) is 17.3. The quantitative estimate of drug-likeness (QED) is 0.156. The van der Waals surface area contributed by atoms with E-state index in [4.69, 9.17) is 13.3 Å². The number of benzene rings is 10. The first-order valence-corrected chi connectivity index (χ1v) is 13.4. The summed E-state index contributed by atoms with van der Waals surface area (Å²) in [5.41, 5.74) is 2.94. The lowest BCUT2D eigenvalue weighted by atomic mass is 9.76. The average molecular weight is 492 g/mol. The van der Waals surface area contributed by atoms with Gasteiger partial charge in [0.05, 0.1) is 18.8 Å². The molecule has 39 heavy (non-hydrogen) atoms. The van der Waals surface area contributed by atoms with Crippen LogP contribution >= 0.6 is 0 Å². The van der Waals surface area contributed by atoms with Crippen LogP contribution in [0, 0.1) is 0 Å². The van der Waals surface area contributed by atoms with Crippen LogP contribution in [0.4, 0.5) is 0 Å². The van der Waals surface area contributed by atoms with E-state index in [0.29, 0.717) is 0 Å².